The highest BCUT2D eigenvalue weighted by molar-refractivity contribution is 5.92. The molecule has 3 unspecified atom stereocenters. The summed E-state index contributed by atoms with van der Waals surface area (Å²) in [5.41, 5.74) is 2.13. The van der Waals surface area contributed by atoms with Crippen LogP contribution in [0.25, 0.3) is 0 Å². The van der Waals surface area contributed by atoms with Gasteiger partial charge in [0.2, 0.25) is 0 Å². The molecule has 0 aromatic carbocycles. The van der Waals surface area contributed by atoms with Gasteiger partial charge in [-0.3, -0.25) is 0 Å². The molecule has 1 rings (SSSR count). The van der Waals surface area contributed by atoms with Crippen LogP contribution in [0.2, 0.25) is 0 Å². The summed E-state index contributed by atoms with van der Waals surface area (Å²) in [7, 11) is 0. The lowest BCUT2D eigenvalue weighted by atomic mass is 9.86. The van der Waals surface area contributed by atoms with Gasteiger partial charge < -0.3 is 19.7 Å². The quantitative estimate of drug-likeness (QED) is 0.390. The van der Waals surface area contributed by atoms with E-state index < -0.39 is 30.1 Å². The fourth-order valence-corrected chi connectivity index (χ4v) is 2.66. The molecule has 1 fully saturated rings. The average Bonchev–Trinajstić information content (AvgIpc) is 2.87. The van der Waals surface area contributed by atoms with E-state index in [9.17, 15) is 14.7 Å². The summed E-state index contributed by atoms with van der Waals surface area (Å²) in [6, 6.07) is 0. The Morgan fingerprint density at radius 1 is 1.31 bits per heavy atom. The second kappa shape index (κ2) is 10.1. The number of carbonyl (C=O) groups is 2. The zero-order valence-electron chi connectivity index (χ0n) is 15.8. The summed E-state index contributed by atoms with van der Waals surface area (Å²) in [4.78, 5) is 24.3. The second-order valence-corrected chi connectivity index (χ2v) is 6.44. The highest BCUT2D eigenvalue weighted by atomic mass is 16.6. The summed E-state index contributed by atoms with van der Waals surface area (Å²) in [6.07, 6.45) is 3.88. The van der Waals surface area contributed by atoms with Gasteiger partial charge in [-0.25, -0.2) is 9.59 Å². The number of allylic oxidation sites excluding steroid dienone is 1. The molecule has 0 radical (unpaired) electrons. The number of hydrogen-bond donors (Lipinski definition) is 2. The zero-order valence-corrected chi connectivity index (χ0v) is 15.8. The Morgan fingerprint density at radius 3 is 2.50 bits per heavy atom. The molecule has 0 bridgehead atoms. The van der Waals surface area contributed by atoms with E-state index in [0.29, 0.717) is 17.6 Å². The first-order chi connectivity index (χ1) is 12.2. The standard InChI is InChI=1S/C20H28O6/c1-6-14(4)19(23)25-16(9-12(2)7-8-21)18-15(5)20(24)26-17(18)10-13(3)11-22/h6-7,10,16-18,21-22H,5,8-9,11H2,1-4H3. The summed E-state index contributed by atoms with van der Waals surface area (Å²) in [6.45, 7) is 10.4. The van der Waals surface area contributed by atoms with Crippen LogP contribution >= 0.6 is 0 Å². The van der Waals surface area contributed by atoms with Crippen LogP contribution < -0.4 is 0 Å². The van der Waals surface area contributed by atoms with Crippen LogP contribution in [0.4, 0.5) is 0 Å². The lowest BCUT2D eigenvalue weighted by molar-refractivity contribution is -0.147. The van der Waals surface area contributed by atoms with E-state index in [1.165, 1.54) is 0 Å². The number of aliphatic hydroxyl groups is 2. The van der Waals surface area contributed by atoms with Crippen LogP contribution in [-0.4, -0.2) is 47.6 Å². The van der Waals surface area contributed by atoms with Crippen LogP contribution in [-0.2, 0) is 19.1 Å². The zero-order chi connectivity index (χ0) is 19.9. The van der Waals surface area contributed by atoms with Crippen LogP contribution in [0.3, 0.4) is 0 Å². The van der Waals surface area contributed by atoms with Gasteiger partial charge >= 0.3 is 11.9 Å². The van der Waals surface area contributed by atoms with Gasteiger partial charge in [0, 0.05) is 17.6 Å². The SMILES string of the molecule is C=C1C(=O)OC(C=C(C)CO)C1C(CC(C)=CCO)OC(=O)C(C)=CC. The topological polar surface area (TPSA) is 93.1 Å². The van der Waals surface area contributed by atoms with Crippen LogP contribution in [0.1, 0.15) is 34.1 Å². The molecule has 2 N–H and O–H groups in total. The number of cyclic esters (lactones) is 1. The van der Waals surface area contributed by atoms with Crippen LogP contribution in [0.5, 0.6) is 0 Å². The van der Waals surface area contributed by atoms with Gasteiger partial charge in [0.25, 0.3) is 0 Å². The molecular formula is C20H28O6. The number of rotatable bonds is 8. The highest BCUT2D eigenvalue weighted by Crippen LogP contribution is 2.35. The number of carbonyl (C=O) groups excluding carboxylic acids is 2. The Morgan fingerprint density at radius 2 is 1.96 bits per heavy atom. The van der Waals surface area contributed by atoms with Crippen molar-refractivity contribution in [2.24, 2.45) is 5.92 Å². The maximum absolute atomic E-state index is 12.3. The first-order valence-corrected chi connectivity index (χ1v) is 8.53. The molecular weight excluding hydrogens is 336 g/mol. The Labute approximate surface area is 154 Å². The third kappa shape index (κ3) is 5.68. The Bertz CT molecular complexity index is 641. The fourth-order valence-electron chi connectivity index (χ4n) is 2.66. The maximum Gasteiger partial charge on any atom is 0.334 e. The first-order valence-electron chi connectivity index (χ1n) is 8.53. The van der Waals surface area contributed by atoms with Crippen molar-refractivity contribution in [3.05, 3.63) is 47.1 Å². The van der Waals surface area contributed by atoms with E-state index in [1.54, 1.807) is 39.0 Å². The van der Waals surface area contributed by atoms with Crippen molar-refractivity contribution in [1.82, 2.24) is 0 Å². The minimum Gasteiger partial charge on any atom is -0.458 e. The van der Waals surface area contributed by atoms with E-state index in [0.717, 1.165) is 5.57 Å². The Kier molecular flexibility index (Phi) is 8.48. The molecule has 6 nitrogen and oxygen atoms in total. The monoisotopic (exact) mass is 364 g/mol. The van der Waals surface area contributed by atoms with Crippen molar-refractivity contribution >= 4 is 11.9 Å². The molecule has 1 heterocycles. The van der Waals surface area contributed by atoms with Gasteiger partial charge in [-0.15, -0.1) is 0 Å². The molecule has 0 aromatic rings. The molecule has 0 spiro atoms. The minimum absolute atomic E-state index is 0.131. The largest absolute Gasteiger partial charge is 0.458 e. The van der Waals surface area contributed by atoms with Gasteiger partial charge in [0.05, 0.1) is 19.1 Å². The van der Waals surface area contributed by atoms with Gasteiger partial charge in [-0.2, -0.15) is 0 Å². The molecule has 1 aliphatic heterocycles. The molecule has 0 aromatic heterocycles. The second-order valence-electron chi connectivity index (χ2n) is 6.44. The molecule has 0 saturated carbocycles. The van der Waals surface area contributed by atoms with E-state index in [4.69, 9.17) is 14.6 Å². The third-order valence-electron chi connectivity index (χ3n) is 4.34. The lowest BCUT2D eigenvalue weighted by Gasteiger charge is -2.26. The number of hydrogen-bond acceptors (Lipinski definition) is 6. The summed E-state index contributed by atoms with van der Waals surface area (Å²) >= 11 is 0. The Hall–Kier alpha value is -2.18. The van der Waals surface area contributed by atoms with Crippen LogP contribution in [0, 0.1) is 5.92 Å². The predicted octanol–water partition coefficient (Wildman–Crippen LogP) is 2.23. The van der Waals surface area contributed by atoms with Crippen LogP contribution in [0.15, 0.2) is 47.1 Å². The number of esters is 2. The lowest BCUT2D eigenvalue weighted by Crippen LogP contribution is -2.33. The maximum atomic E-state index is 12.3. The number of ether oxygens (including phenoxy) is 2. The van der Waals surface area contributed by atoms with Crippen molar-refractivity contribution in [2.45, 2.75) is 46.3 Å². The van der Waals surface area contributed by atoms with Gasteiger partial charge in [0.1, 0.15) is 12.2 Å². The van der Waals surface area contributed by atoms with Crippen molar-refractivity contribution in [2.75, 3.05) is 13.2 Å². The molecule has 0 amide bonds. The summed E-state index contributed by atoms with van der Waals surface area (Å²) in [5, 5.41) is 18.3. The fraction of sp³-hybridized carbons (Fsp3) is 0.500. The molecule has 3 atom stereocenters. The van der Waals surface area contributed by atoms with E-state index in [2.05, 4.69) is 6.58 Å². The van der Waals surface area contributed by atoms with E-state index >= 15 is 0 Å². The summed E-state index contributed by atoms with van der Waals surface area (Å²) < 4.78 is 11.0. The van der Waals surface area contributed by atoms with Gasteiger partial charge in [0.15, 0.2) is 0 Å². The molecule has 26 heavy (non-hydrogen) atoms. The molecule has 1 saturated heterocycles. The number of aliphatic hydroxyl groups excluding tert-OH is 2. The van der Waals surface area contributed by atoms with Crippen molar-refractivity contribution in [1.29, 1.82) is 0 Å². The molecule has 144 valence electrons. The molecule has 0 aliphatic carbocycles. The smallest absolute Gasteiger partial charge is 0.334 e. The van der Waals surface area contributed by atoms with E-state index in [1.807, 2.05) is 6.92 Å². The van der Waals surface area contributed by atoms with Crippen molar-refractivity contribution in [3.8, 4) is 0 Å². The molecule has 1 aliphatic rings. The first kappa shape index (κ1) is 21.9. The molecule has 6 heteroatoms. The minimum atomic E-state index is -0.688. The average molecular weight is 364 g/mol. The van der Waals surface area contributed by atoms with E-state index in [-0.39, 0.29) is 18.8 Å². The van der Waals surface area contributed by atoms with Crippen molar-refractivity contribution < 1.29 is 29.3 Å². The third-order valence-corrected chi connectivity index (χ3v) is 4.34. The summed E-state index contributed by atoms with van der Waals surface area (Å²) in [5.74, 6) is -1.60. The Balaban J connectivity index is 3.22. The van der Waals surface area contributed by atoms with Gasteiger partial charge in [-0.1, -0.05) is 24.3 Å². The van der Waals surface area contributed by atoms with Crippen molar-refractivity contribution in [3.63, 3.8) is 0 Å². The van der Waals surface area contributed by atoms with Gasteiger partial charge in [-0.05, 0) is 39.3 Å². The normalized spacial score (nSPS) is 23.1. The predicted molar refractivity (Wildman–Crippen MR) is 98.1 cm³/mol. The highest BCUT2D eigenvalue weighted by Gasteiger charge is 2.44.